The first-order chi connectivity index (χ1) is 10.6. The molecule has 0 heterocycles. The summed E-state index contributed by atoms with van der Waals surface area (Å²) in [5.41, 5.74) is 9.69. The highest BCUT2D eigenvalue weighted by atomic mass is 14.4. The fourth-order valence-corrected chi connectivity index (χ4v) is 3.73. The van der Waals surface area contributed by atoms with E-state index >= 15 is 0 Å². The lowest BCUT2D eigenvalue weighted by atomic mass is 9.82. The van der Waals surface area contributed by atoms with Crippen LogP contribution in [0, 0.1) is 6.92 Å². The van der Waals surface area contributed by atoms with Crippen molar-refractivity contribution in [1.82, 2.24) is 0 Å². The molecule has 4 rings (SSSR count). The lowest BCUT2D eigenvalue weighted by molar-refractivity contribution is 0.660. The topological polar surface area (TPSA) is 0 Å². The molecular weight excluding hydrogens is 264 g/mol. The quantitative estimate of drug-likeness (QED) is 0.516. The number of rotatable bonds is 1. The van der Waals surface area contributed by atoms with Gasteiger partial charge in [-0.1, -0.05) is 86.1 Å². The Morgan fingerprint density at radius 3 is 2.05 bits per heavy atom. The van der Waals surface area contributed by atoms with Crippen LogP contribution < -0.4 is 0 Å². The molecule has 108 valence electrons. The predicted octanol–water partition coefficient (Wildman–Crippen LogP) is 5.97. The van der Waals surface area contributed by atoms with Gasteiger partial charge in [0.2, 0.25) is 0 Å². The molecule has 0 N–H and O–H groups in total. The van der Waals surface area contributed by atoms with E-state index in [9.17, 15) is 0 Å². The zero-order valence-corrected chi connectivity index (χ0v) is 13.4. The van der Waals surface area contributed by atoms with Crippen molar-refractivity contribution in [2.24, 2.45) is 0 Å². The first-order valence-corrected chi connectivity index (χ1v) is 7.89. The minimum Gasteiger partial charge on any atom is -0.0619 e. The summed E-state index contributed by atoms with van der Waals surface area (Å²) in [7, 11) is 0. The molecule has 0 bridgehead atoms. The summed E-state index contributed by atoms with van der Waals surface area (Å²) in [6.07, 6.45) is 0. The summed E-state index contributed by atoms with van der Waals surface area (Å²) in [4.78, 5) is 0. The Morgan fingerprint density at radius 2 is 1.27 bits per heavy atom. The zero-order chi connectivity index (χ0) is 15.3. The Morgan fingerprint density at radius 1 is 0.636 bits per heavy atom. The van der Waals surface area contributed by atoms with Crippen LogP contribution in [0.5, 0.6) is 0 Å². The molecule has 3 aromatic rings. The number of hydrogen-bond donors (Lipinski definition) is 0. The minimum atomic E-state index is 0.0760. The van der Waals surface area contributed by atoms with Gasteiger partial charge < -0.3 is 0 Å². The molecule has 0 saturated heterocycles. The fraction of sp³-hybridized carbons (Fsp3) is 0.182. The molecule has 0 unspecified atom stereocenters. The van der Waals surface area contributed by atoms with Crippen molar-refractivity contribution in [1.29, 1.82) is 0 Å². The number of fused-ring (bicyclic) bond motifs is 3. The van der Waals surface area contributed by atoms with Crippen LogP contribution in [-0.2, 0) is 5.41 Å². The maximum atomic E-state index is 2.33. The average molecular weight is 284 g/mol. The second kappa shape index (κ2) is 4.58. The standard InChI is InChI=1S/C22H20/c1-15-11-13-16(14-12-15)17-8-6-10-20-21(17)18-7-4-5-9-19(18)22(20,2)3/h4-14H,1-3H3. The number of benzene rings is 3. The van der Waals surface area contributed by atoms with E-state index in [4.69, 9.17) is 0 Å². The number of hydrogen-bond acceptors (Lipinski definition) is 0. The van der Waals surface area contributed by atoms with E-state index in [0.29, 0.717) is 0 Å². The smallest absolute Gasteiger partial charge is 0.0159 e. The monoisotopic (exact) mass is 284 g/mol. The van der Waals surface area contributed by atoms with E-state index in [1.807, 2.05) is 0 Å². The Labute approximate surface area is 132 Å². The Kier molecular flexibility index (Phi) is 2.77. The Bertz CT molecular complexity index is 851. The van der Waals surface area contributed by atoms with Crippen molar-refractivity contribution in [3.8, 4) is 22.3 Å². The first-order valence-electron chi connectivity index (χ1n) is 7.89. The predicted molar refractivity (Wildman–Crippen MR) is 94.2 cm³/mol. The lowest BCUT2D eigenvalue weighted by Gasteiger charge is -2.21. The SMILES string of the molecule is Cc1ccc(-c2cccc3c2-c2ccccc2C3(C)C)cc1. The molecule has 0 radical (unpaired) electrons. The molecule has 1 aliphatic carbocycles. The van der Waals surface area contributed by atoms with Crippen LogP contribution in [0.3, 0.4) is 0 Å². The van der Waals surface area contributed by atoms with Gasteiger partial charge in [0.05, 0.1) is 0 Å². The molecule has 0 heteroatoms. The highest BCUT2D eigenvalue weighted by molar-refractivity contribution is 5.92. The number of aryl methyl sites for hydroxylation is 1. The summed E-state index contributed by atoms with van der Waals surface area (Å²) < 4.78 is 0. The normalized spacial score (nSPS) is 14.5. The van der Waals surface area contributed by atoms with E-state index in [0.717, 1.165) is 0 Å². The molecule has 0 saturated carbocycles. The van der Waals surface area contributed by atoms with Crippen LogP contribution in [0.25, 0.3) is 22.3 Å². The van der Waals surface area contributed by atoms with Crippen LogP contribution in [0.2, 0.25) is 0 Å². The van der Waals surface area contributed by atoms with Gasteiger partial charge in [-0.3, -0.25) is 0 Å². The zero-order valence-electron chi connectivity index (χ0n) is 13.4. The summed E-state index contributed by atoms with van der Waals surface area (Å²) in [5, 5.41) is 0. The van der Waals surface area contributed by atoms with Crippen LogP contribution in [0.15, 0.2) is 66.7 Å². The van der Waals surface area contributed by atoms with Crippen LogP contribution in [0.4, 0.5) is 0 Å². The minimum absolute atomic E-state index is 0.0760. The average Bonchev–Trinajstić information content (AvgIpc) is 2.77. The van der Waals surface area contributed by atoms with E-state index in [1.54, 1.807) is 0 Å². The summed E-state index contributed by atoms with van der Waals surface area (Å²) in [5.74, 6) is 0. The summed E-state index contributed by atoms with van der Waals surface area (Å²) in [6.45, 7) is 6.80. The third-order valence-corrected chi connectivity index (χ3v) is 4.97. The van der Waals surface area contributed by atoms with Gasteiger partial charge in [-0.2, -0.15) is 0 Å². The molecule has 0 atom stereocenters. The Hall–Kier alpha value is -2.34. The van der Waals surface area contributed by atoms with Crippen molar-refractivity contribution >= 4 is 0 Å². The van der Waals surface area contributed by atoms with Crippen molar-refractivity contribution < 1.29 is 0 Å². The maximum absolute atomic E-state index is 2.33. The van der Waals surface area contributed by atoms with Crippen molar-refractivity contribution in [2.45, 2.75) is 26.2 Å². The van der Waals surface area contributed by atoms with Crippen LogP contribution in [0.1, 0.15) is 30.5 Å². The van der Waals surface area contributed by atoms with E-state index < -0.39 is 0 Å². The van der Waals surface area contributed by atoms with Crippen LogP contribution >= 0.6 is 0 Å². The molecular formula is C22H20. The van der Waals surface area contributed by atoms with Gasteiger partial charge in [0.1, 0.15) is 0 Å². The van der Waals surface area contributed by atoms with Crippen LogP contribution in [-0.4, -0.2) is 0 Å². The molecule has 0 spiro atoms. The van der Waals surface area contributed by atoms with Gasteiger partial charge in [-0.05, 0) is 40.3 Å². The molecule has 22 heavy (non-hydrogen) atoms. The first kappa shape index (κ1) is 13.3. The fourth-order valence-electron chi connectivity index (χ4n) is 3.73. The molecule has 1 aliphatic rings. The highest BCUT2D eigenvalue weighted by Crippen LogP contribution is 2.51. The lowest BCUT2D eigenvalue weighted by Crippen LogP contribution is -2.14. The molecule has 0 amide bonds. The summed E-state index contributed by atoms with van der Waals surface area (Å²) in [6, 6.07) is 24.4. The van der Waals surface area contributed by atoms with Gasteiger partial charge in [0, 0.05) is 5.41 Å². The molecule has 0 aromatic heterocycles. The van der Waals surface area contributed by atoms with Crippen molar-refractivity contribution in [2.75, 3.05) is 0 Å². The molecule has 0 nitrogen and oxygen atoms in total. The van der Waals surface area contributed by atoms with E-state index in [2.05, 4.69) is 87.5 Å². The second-order valence-corrected chi connectivity index (χ2v) is 6.76. The van der Waals surface area contributed by atoms with E-state index in [1.165, 1.54) is 38.9 Å². The third-order valence-electron chi connectivity index (χ3n) is 4.97. The van der Waals surface area contributed by atoms with Gasteiger partial charge in [-0.25, -0.2) is 0 Å². The van der Waals surface area contributed by atoms with Gasteiger partial charge in [0.15, 0.2) is 0 Å². The van der Waals surface area contributed by atoms with Gasteiger partial charge in [0.25, 0.3) is 0 Å². The maximum Gasteiger partial charge on any atom is 0.0159 e. The largest absolute Gasteiger partial charge is 0.0619 e. The van der Waals surface area contributed by atoms with Gasteiger partial charge in [-0.15, -0.1) is 0 Å². The second-order valence-electron chi connectivity index (χ2n) is 6.76. The Balaban J connectivity index is 2.04. The summed E-state index contributed by atoms with van der Waals surface area (Å²) >= 11 is 0. The molecule has 3 aromatic carbocycles. The van der Waals surface area contributed by atoms with E-state index in [-0.39, 0.29) is 5.41 Å². The third kappa shape index (κ3) is 1.77. The van der Waals surface area contributed by atoms with Gasteiger partial charge >= 0.3 is 0 Å². The molecule has 0 aliphatic heterocycles. The van der Waals surface area contributed by atoms with Crippen molar-refractivity contribution in [3.63, 3.8) is 0 Å². The highest BCUT2D eigenvalue weighted by Gasteiger charge is 2.36. The van der Waals surface area contributed by atoms with Crippen molar-refractivity contribution in [3.05, 3.63) is 83.4 Å². The molecule has 0 fully saturated rings.